The van der Waals surface area contributed by atoms with Crippen LogP contribution >= 0.6 is 0 Å². The Morgan fingerprint density at radius 2 is 1.45 bits per heavy atom. The Morgan fingerprint density at radius 1 is 0.897 bits per heavy atom. The van der Waals surface area contributed by atoms with Crippen LogP contribution in [0.3, 0.4) is 0 Å². The number of carbonyl (C=O) groups excluding carboxylic acids is 3. The van der Waals surface area contributed by atoms with Crippen molar-refractivity contribution in [2.45, 2.75) is 84.7 Å². The van der Waals surface area contributed by atoms with Crippen molar-refractivity contribution < 1.29 is 29.4 Å². The third kappa shape index (κ3) is 9.23. The molecule has 0 rings (SSSR count). The molecule has 0 heterocycles. The molecule has 0 saturated carbocycles. The molecular weight excluding hydrogens is 380 g/mol. The molecule has 0 aliphatic rings. The highest BCUT2D eigenvalue weighted by molar-refractivity contribution is 5.94. The summed E-state index contributed by atoms with van der Waals surface area (Å²) in [6.07, 6.45) is -0.358. The summed E-state index contributed by atoms with van der Waals surface area (Å²) in [5.41, 5.74) is 5.86. The Morgan fingerprint density at radius 3 is 1.86 bits per heavy atom. The van der Waals surface area contributed by atoms with Gasteiger partial charge in [-0.1, -0.05) is 34.1 Å². The number of hydrogen-bond donors (Lipinski definition) is 6. The molecule has 0 saturated heterocycles. The highest BCUT2D eigenvalue weighted by Crippen LogP contribution is 2.08. The molecule has 10 heteroatoms. The van der Waals surface area contributed by atoms with E-state index in [0.29, 0.717) is 6.42 Å². The monoisotopic (exact) mass is 416 g/mol. The number of rotatable bonds is 12. The van der Waals surface area contributed by atoms with E-state index < -0.39 is 54.0 Å². The minimum absolute atomic E-state index is 0.0181. The van der Waals surface area contributed by atoms with Gasteiger partial charge in [-0.15, -0.1) is 0 Å². The molecule has 0 aliphatic heterocycles. The molecule has 0 fully saturated rings. The number of aliphatic hydroxyl groups excluding tert-OH is 1. The Kier molecular flexibility index (Phi) is 11.4. The zero-order valence-electron chi connectivity index (χ0n) is 18.1. The van der Waals surface area contributed by atoms with E-state index in [1.54, 1.807) is 0 Å². The minimum Gasteiger partial charge on any atom is -0.480 e. The van der Waals surface area contributed by atoms with Crippen molar-refractivity contribution in [3.63, 3.8) is 0 Å². The standard InChI is InChI=1S/C19H36N4O6/c1-7-10(4)14(20)18(27)21-11(5)16(25)22-13(8-9(2)3)17(26)23-15(12(6)24)19(28)29/h9-15,24H,7-8,20H2,1-6H3,(H,21,27)(H,22,25)(H,23,26)(H,28,29). The fourth-order valence-corrected chi connectivity index (χ4v) is 2.53. The number of carbonyl (C=O) groups is 4. The van der Waals surface area contributed by atoms with Gasteiger partial charge in [-0.3, -0.25) is 14.4 Å². The van der Waals surface area contributed by atoms with Crippen LogP contribution in [0, 0.1) is 11.8 Å². The molecule has 0 aromatic rings. The van der Waals surface area contributed by atoms with Crippen molar-refractivity contribution in [3.8, 4) is 0 Å². The number of aliphatic hydroxyl groups is 1. The van der Waals surface area contributed by atoms with Gasteiger partial charge < -0.3 is 31.9 Å². The summed E-state index contributed by atoms with van der Waals surface area (Å²) < 4.78 is 0. The average Bonchev–Trinajstić information content (AvgIpc) is 2.62. The normalized spacial score (nSPS) is 17.4. The fourth-order valence-electron chi connectivity index (χ4n) is 2.53. The topological polar surface area (TPSA) is 171 Å². The fraction of sp³-hybridized carbons (Fsp3) is 0.789. The second-order valence-electron chi connectivity index (χ2n) is 7.90. The number of aliphatic carboxylic acids is 1. The third-order valence-electron chi connectivity index (χ3n) is 4.70. The van der Waals surface area contributed by atoms with Crippen molar-refractivity contribution >= 4 is 23.7 Å². The van der Waals surface area contributed by atoms with Gasteiger partial charge in [0.2, 0.25) is 17.7 Å². The summed E-state index contributed by atoms with van der Waals surface area (Å²) in [7, 11) is 0. The predicted molar refractivity (Wildman–Crippen MR) is 108 cm³/mol. The number of nitrogens with one attached hydrogen (secondary N) is 3. The molecule has 7 N–H and O–H groups in total. The first kappa shape index (κ1) is 26.8. The maximum atomic E-state index is 12.5. The molecule has 0 aliphatic carbocycles. The lowest BCUT2D eigenvalue weighted by molar-refractivity contribution is -0.145. The van der Waals surface area contributed by atoms with E-state index in [0.717, 1.165) is 0 Å². The molecular formula is C19H36N4O6. The highest BCUT2D eigenvalue weighted by Gasteiger charge is 2.31. The van der Waals surface area contributed by atoms with Crippen molar-refractivity contribution in [1.29, 1.82) is 0 Å². The SMILES string of the molecule is CCC(C)C(N)C(=O)NC(C)C(=O)NC(CC(C)C)C(=O)NC(C(=O)O)C(C)O. The number of carboxylic acids is 1. The van der Waals surface area contributed by atoms with Crippen LogP contribution in [0.4, 0.5) is 0 Å². The molecule has 0 aromatic heterocycles. The van der Waals surface area contributed by atoms with E-state index in [-0.39, 0.29) is 18.3 Å². The van der Waals surface area contributed by atoms with Gasteiger partial charge in [0, 0.05) is 0 Å². The molecule has 168 valence electrons. The van der Waals surface area contributed by atoms with E-state index in [1.165, 1.54) is 13.8 Å². The largest absolute Gasteiger partial charge is 0.480 e. The maximum Gasteiger partial charge on any atom is 0.328 e. The van der Waals surface area contributed by atoms with Crippen LogP contribution in [0.5, 0.6) is 0 Å². The van der Waals surface area contributed by atoms with Crippen molar-refractivity contribution in [2.75, 3.05) is 0 Å². The zero-order chi connectivity index (χ0) is 22.9. The van der Waals surface area contributed by atoms with Gasteiger partial charge in [0.15, 0.2) is 6.04 Å². The molecule has 3 amide bonds. The minimum atomic E-state index is -1.50. The van der Waals surface area contributed by atoms with Crippen LogP contribution in [-0.4, -0.2) is 64.2 Å². The maximum absolute atomic E-state index is 12.5. The van der Waals surface area contributed by atoms with Crippen LogP contribution < -0.4 is 21.7 Å². The number of nitrogens with two attached hydrogens (primary N) is 1. The lowest BCUT2D eigenvalue weighted by atomic mass is 9.99. The Labute approximate surface area is 172 Å². The molecule has 6 unspecified atom stereocenters. The van der Waals surface area contributed by atoms with Gasteiger partial charge >= 0.3 is 5.97 Å². The third-order valence-corrected chi connectivity index (χ3v) is 4.70. The van der Waals surface area contributed by atoms with Crippen LogP contribution in [0.15, 0.2) is 0 Å². The molecule has 0 spiro atoms. The van der Waals surface area contributed by atoms with E-state index in [2.05, 4.69) is 16.0 Å². The summed E-state index contributed by atoms with van der Waals surface area (Å²) in [4.78, 5) is 48.3. The van der Waals surface area contributed by atoms with Crippen LogP contribution in [-0.2, 0) is 19.2 Å². The molecule has 6 atom stereocenters. The lowest BCUT2D eigenvalue weighted by Gasteiger charge is -2.26. The lowest BCUT2D eigenvalue weighted by Crippen LogP contribution is -2.58. The van der Waals surface area contributed by atoms with Gasteiger partial charge in [-0.2, -0.15) is 0 Å². The van der Waals surface area contributed by atoms with E-state index >= 15 is 0 Å². The van der Waals surface area contributed by atoms with Gasteiger partial charge in [-0.05, 0) is 32.1 Å². The summed E-state index contributed by atoms with van der Waals surface area (Å²) >= 11 is 0. The summed E-state index contributed by atoms with van der Waals surface area (Å²) in [5, 5.41) is 26.0. The summed E-state index contributed by atoms with van der Waals surface area (Å²) in [6.45, 7) is 10.1. The van der Waals surface area contributed by atoms with E-state index in [4.69, 9.17) is 10.8 Å². The molecule has 0 radical (unpaired) electrons. The molecule has 29 heavy (non-hydrogen) atoms. The Bertz CT molecular complexity index is 581. The Hall–Kier alpha value is -2.20. The Balaban J connectivity index is 5.12. The van der Waals surface area contributed by atoms with Gasteiger partial charge in [0.05, 0.1) is 12.1 Å². The van der Waals surface area contributed by atoms with Crippen molar-refractivity contribution in [1.82, 2.24) is 16.0 Å². The van der Waals surface area contributed by atoms with Crippen LogP contribution in [0.1, 0.15) is 54.4 Å². The first-order valence-electron chi connectivity index (χ1n) is 9.89. The molecule has 10 nitrogen and oxygen atoms in total. The van der Waals surface area contributed by atoms with Crippen LogP contribution in [0.2, 0.25) is 0 Å². The predicted octanol–water partition coefficient (Wildman–Crippen LogP) is -0.654. The zero-order valence-corrected chi connectivity index (χ0v) is 18.1. The molecule has 0 bridgehead atoms. The highest BCUT2D eigenvalue weighted by atomic mass is 16.4. The quantitative estimate of drug-likeness (QED) is 0.245. The molecule has 0 aromatic carbocycles. The van der Waals surface area contributed by atoms with Crippen molar-refractivity contribution in [3.05, 3.63) is 0 Å². The van der Waals surface area contributed by atoms with Gasteiger partial charge in [0.1, 0.15) is 12.1 Å². The van der Waals surface area contributed by atoms with Crippen LogP contribution in [0.25, 0.3) is 0 Å². The number of carboxylic acid groups (broad SMARTS) is 1. The van der Waals surface area contributed by atoms with Crippen molar-refractivity contribution in [2.24, 2.45) is 17.6 Å². The smallest absolute Gasteiger partial charge is 0.328 e. The first-order chi connectivity index (χ1) is 13.3. The van der Waals surface area contributed by atoms with Gasteiger partial charge in [-0.25, -0.2) is 4.79 Å². The second-order valence-corrected chi connectivity index (χ2v) is 7.90. The average molecular weight is 417 g/mol. The summed E-state index contributed by atoms with van der Waals surface area (Å²) in [5.74, 6) is -3.22. The number of hydrogen-bond acceptors (Lipinski definition) is 6. The van der Waals surface area contributed by atoms with Gasteiger partial charge in [0.25, 0.3) is 0 Å². The number of amides is 3. The second kappa shape index (κ2) is 12.4. The first-order valence-corrected chi connectivity index (χ1v) is 9.89. The summed E-state index contributed by atoms with van der Waals surface area (Å²) in [6, 6.07) is -4.22. The van der Waals surface area contributed by atoms with E-state index in [9.17, 15) is 24.3 Å². The van der Waals surface area contributed by atoms with E-state index in [1.807, 2.05) is 27.7 Å².